The van der Waals surface area contributed by atoms with E-state index in [0.717, 1.165) is 55.5 Å². The fourth-order valence-corrected chi connectivity index (χ4v) is 9.36. The molecule has 1 atom stereocenters. The van der Waals surface area contributed by atoms with Gasteiger partial charge in [-0.05, 0) is 67.9 Å². The van der Waals surface area contributed by atoms with Gasteiger partial charge in [0.1, 0.15) is 11.3 Å². The lowest BCUT2D eigenvalue weighted by atomic mass is 9.70. The van der Waals surface area contributed by atoms with Gasteiger partial charge in [-0.2, -0.15) is 0 Å². The van der Waals surface area contributed by atoms with Crippen molar-refractivity contribution < 1.29 is 4.42 Å². The molecule has 8 aromatic carbocycles. The Morgan fingerprint density at radius 1 is 0.357 bits per heavy atom. The van der Waals surface area contributed by atoms with E-state index < -0.39 is 5.41 Å². The molecule has 0 bridgehead atoms. The Labute approximate surface area is 323 Å². The highest BCUT2D eigenvalue weighted by molar-refractivity contribution is 6.02. The summed E-state index contributed by atoms with van der Waals surface area (Å²) in [4.78, 5) is 15.5. The van der Waals surface area contributed by atoms with Gasteiger partial charge in [-0.1, -0.05) is 170 Å². The van der Waals surface area contributed by atoms with Crippen molar-refractivity contribution >= 4 is 21.7 Å². The van der Waals surface area contributed by atoms with Crippen LogP contribution in [0.15, 0.2) is 192 Å². The highest BCUT2D eigenvalue weighted by Crippen LogP contribution is 2.65. The minimum Gasteiger partial charge on any atom is -0.456 e. The van der Waals surface area contributed by atoms with Gasteiger partial charge in [0.2, 0.25) is 0 Å². The molecular formula is C52H31N3O. The maximum Gasteiger partial charge on any atom is 0.164 e. The molecule has 2 heterocycles. The SMILES string of the molecule is c1ccc(-c2nc(-c3ccc4ccccc4c3)nc(-c3ccccc3-c3ccc4c(c3)C3(c5ccccc5-4)c4ccccc4-c4oc5ccccc5c43)n2)cc1. The van der Waals surface area contributed by atoms with Gasteiger partial charge >= 0.3 is 0 Å². The number of rotatable bonds is 4. The predicted octanol–water partition coefficient (Wildman–Crippen LogP) is 12.8. The monoisotopic (exact) mass is 713 g/mol. The zero-order valence-corrected chi connectivity index (χ0v) is 30.1. The lowest BCUT2D eigenvalue weighted by molar-refractivity contribution is 0.628. The number of hydrogen-bond donors (Lipinski definition) is 0. The molecule has 56 heavy (non-hydrogen) atoms. The summed E-state index contributed by atoms with van der Waals surface area (Å²) in [6, 6.07) is 66.6. The van der Waals surface area contributed by atoms with Gasteiger partial charge in [0, 0.05) is 33.2 Å². The van der Waals surface area contributed by atoms with Crippen LogP contribution in [0.3, 0.4) is 0 Å². The molecule has 0 fully saturated rings. The first-order chi connectivity index (χ1) is 27.8. The van der Waals surface area contributed by atoms with E-state index in [1.54, 1.807) is 0 Å². The Bertz CT molecular complexity index is 3220. The van der Waals surface area contributed by atoms with Gasteiger partial charge in [-0.25, -0.2) is 15.0 Å². The molecule has 0 radical (unpaired) electrons. The zero-order valence-electron chi connectivity index (χ0n) is 30.1. The highest BCUT2D eigenvalue weighted by atomic mass is 16.3. The quantitative estimate of drug-likeness (QED) is 0.182. The fourth-order valence-electron chi connectivity index (χ4n) is 9.36. The summed E-state index contributed by atoms with van der Waals surface area (Å²) < 4.78 is 6.74. The molecule has 0 N–H and O–H groups in total. The smallest absolute Gasteiger partial charge is 0.164 e. The van der Waals surface area contributed by atoms with E-state index in [2.05, 4.69) is 170 Å². The maximum atomic E-state index is 6.74. The average molecular weight is 714 g/mol. The van der Waals surface area contributed by atoms with Crippen molar-refractivity contribution in [2.45, 2.75) is 5.41 Å². The zero-order chi connectivity index (χ0) is 36.8. The van der Waals surface area contributed by atoms with Crippen LogP contribution in [0.1, 0.15) is 22.3 Å². The summed E-state index contributed by atoms with van der Waals surface area (Å²) in [6.07, 6.45) is 0. The van der Waals surface area contributed by atoms with E-state index in [-0.39, 0.29) is 0 Å². The summed E-state index contributed by atoms with van der Waals surface area (Å²) in [5.74, 6) is 2.86. The van der Waals surface area contributed by atoms with E-state index in [1.165, 1.54) is 38.8 Å². The molecule has 4 nitrogen and oxygen atoms in total. The van der Waals surface area contributed by atoms with Gasteiger partial charge in [0.05, 0.1) is 5.41 Å². The maximum absolute atomic E-state index is 6.74. The Kier molecular flexibility index (Phi) is 6.52. The third-order valence-electron chi connectivity index (χ3n) is 11.7. The minimum atomic E-state index is -0.549. The molecule has 2 aromatic heterocycles. The number of fused-ring (bicyclic) bond motifs is 13. The third kappa shape index (κ3) is 4.32. The largest absolute Gasteiger partial charge is 0.456 e. The molecule has 0 saturated heterocycles. The summed E-state index contributed by atoms with van der Waals surface area (Å²) in [7, 11) is 0. The van der Waals surface area contributed by atoms with E-state index in [0.29, 0.717) is 17.5 Å². The molecular weight excluding hydrogens is 683 g/mol. The van der Waals surface area contributed by atoms with Crippen molar-refractivity contribution in [3.63, 3.8) is 0 Å². The Morgan fingerprint density at radius 3 is 1.79 bits per heavy atom. The molecule has 4 heteroatoms. The van der Waals surface area contributed by atoms with Crippen LogP contribution < -0.4 is 0 Å². The lowest BCUT2D eigenvalue weighted by Gasteiger charge is -2.30. The second-order valence-corrected chi connectivity index (χ2v) is 14.7. The van der Waals surface area contributed by atoms with Crippen LogP contribution in [0.25, 0.3) is 89.5 Å². The standard InChI is InChI=1S/C52H31N3O/c1-2-15-33(16-3-1)49-53-50(36-27-26-32-14-4-5-17-34(32)30-36)55-51(54-49)40-20-7-6-18-37(40)35-28-29-39-38-19-8-11-23-43(38)52(45(39)31-35)44-24-12-9-21-41(44)48-47(52)42-22-10-13-25-46(42)56-48/h1-31H. The van der Waals surface area contributed by atoms with Crippen LogP contribution in [0.5, 0.6) is 0 Å². The number of furan rings is 1. The number of hydrogen-bond acceptors (Lipinski definition) is 4. The van der Waals surface area contributed by atoms with E-state index >= 15 is 0 Å². The minimum absolute atomic E-state index is 0.549. The van der Waals surface area contributed by atoms with Crippen molar-refractivity contribution in [1.82, 2.24) is 15.0 Å². The number of benzene rings is 8. The molecule has 1 unspecified atom stereocenters. The number of nitrogens with zero attached hydrogens (tertiary/aromatic N) is 3. The van der Waals surface area contributed by atoms with E-state index in [1.807, 2.05) is 18.2 Å². The normalized spacial score (nSPS) is 14.9. The van der Waals surface area contributed by atoms with Crippen molar-refractivity contribution in [1.29, 1.82) is 0 Å². The van der Waals surface area contributed by atoms with Crippen LogP contribution in [-0.2, 0) is 5.41 Å². The van der Waals surface area contributed by atoms with Crippen molar-refractivity contribution in [3.05, 3.63) is 210 Å². The van der Waals surface area contributed by atoms with Gasteiger partial charge in [0.25, 0.3) is 0 Å². The van der Waals surface area contributed by atoms with Crippen molar-refractivity contribution in [2.24, 2.45) is 0 Å². The molecule has 1 spiro atoms. The highest BCUT2D eigenvalue weighted by Gasteiger charge is 2.54. The first-order valence-corrected chi connectivity index (χ1v) is 19.0. The number of aromatic nitrogens is 3. The second-order valence-electron chi connectivity index (χ2n) is 14.7. The van der Waals surface area contributed by atoms with Gasteiger partial charge < -0.3 is 4.42 Å². The van der Waals surface area contributed by atoms with Crippen molar-refractivity contribution in [3.8, 4) is 67.7 Å². The average Bonchev–Trinajstić information content (AvgIpc) is 3.90. The molecule has 0 saturated carbocycles. The lowest BCUT2D eigenvalue weighted by Crippen LogP contribution is -2.25. The molecule has 12 rings (SSSR count). The van der Waals surface area contributed by atoms with Gasteiger partial charge in [-0.3, -0.25) is 0 Å². The summed E-state index contributed by atoms with van der Waals surface area (Å²) in [6.45, 7) is 0. The summed E-state index contributed by atoms with van der Waals surface area (Å²) >= 11 is 0. The van der Waals surface area contributed by atoms with Crippen LogP contribution in [0.4, 0.5) is 0 Å². The van der Waals surface area contributed by atoms with Gasteiger partial charge in [-0.15, -0.1) is 0 Å². The Hall–Kier alpha value is -7.43. The third-order valence-corrected chi connectivity index (χ3v) is 11.7. The van der Waals surface area contributed by atoms with Crippen molar-refractivity contribution in [2.75, 3.05) is 0 Å². The second kappa shape index (κ2) is 11.8. The topological polar surface area (TPSA) is 51.8 Å². The number of para-hydroxylation sites is 1. The molecule has 260 valence electrons. The fraction of sp³-hybridized carbons (Fsp3) is 0.0192. The van der Waals surface area contributed by atoms with E-state index in [4.69, 9.17) is 19.4 Å². The van der Waals surface area contributed by atoms with Crippen LogP contribution in [-0.4, -0.2) is 15.0 Å². The molecule has 2 aliphatic carbocycles. The molecule has 10 aromatic rings. The van der Waals surface area contributed by atoms with Crippen LogP contribution >= 0.6 is 0 Å². The van der Waals surface area contributed by atoms with E-state index in [9.17, 15) is 0 Å². The molecule has 2 aliphatic rings. The molecule has 0 amide bonds. The summed E-state index contributed by atoms with van der Waals surface area (Å²) in [5.41, 5.74) is 14.0. The predicted molar refractivity (Wildman–Crippen MR) is 225 cm³/mol. The Balaban J connectivity index is 1.09. The Morgan fingerprint density at radius 2 is 0.946 bits per heavy atom. The first-order valence-electron chi connectivity index (χ1n) is 19.0. The first kappa shape index (κ1) is 31.0. The van der Waals surface area contributed by atoms with Crippen LogP contribution in [0, 0.1) is 0 Å². The van der Waals surface area contributed by atoms with Gasteiger partial charge in [0.15, 0.2) is 17.5 Å². The summed E-state index contributed by atoms with van der Waals surface area (Å²) in [5, 5.41) is 3.46. The van der Waals surface area contributed by atoms with Crippen LogP contribution in [0.2, 0.25) is 0 Å². The molecule has 0 aliphatic heterocycles.